The average molecular weight is 395 g/mol. The second kappa shape index (κ2) is 7.55. The quantitative estimate of drug-likeness (QED) is 0.500. The molecular weight excluding hydrogens is 383 g/mol. The van der Waals surface area contributed by atoms with Crippen molar-refractivity contribution >= 4 is 34.1 Å². The van der Waals surface area contributed by atoms with Crippen molar-refractivity contribution in [3.8, 4) is 0 Å². The van der Waals surface area contributed by atoms with E-state index in [1.807, 2.05) is 12.1 Å². The molecule has 0 saturated carbocycles. The zero-order chi connectivity index (χ0) is 20.4. The molecule has 0 aliphatic heterocycles. The minimum absolute atomic E-state index is 0.0153. The molecule has 2 aromatic carbocycles. The van der Waals surface area contributed by atoms with Gasteiger partial charge in [0, 0.05) is 17.8 Å². The lowest BCUT2D eigenvalue weighted by molar-refractivity contribution is 0.102. The van der Waals surface area contributed by atoms with E-state index in [9.17, 15) is 18.0 Å². The number of halogens is 3. The molecule has 2 N–H and O–H groups in total. The van der Waals surface area contributed by atoms with E-state index in [1.165, 1.54) is 12.3 Å². The number of para-hydroxylation sites is 1. The summed E-state index contributed by atoms with van der Waals surface area (Å²) in [5.74, 6) is -5.04. The van der Waals surface area contributed by atoms with Crippen LogP contribution in [0.1, 0.15) is 10.5 Å². The molecule has 0 unspecified atom stereocenters. The number of rotatable bonds is 4. The molecule has 0 radical (unpaired) electrons. The number of benzene rings is 2. The number of anilines is 3. The van der Waals surface area contributed by atoms with Gasteiger partial charge in [0.1, 0.15) is 5.69 Å². The van der Waals surface area contributed by atoms with Crippen LogP contribution in [-0.2, 0) is 0 Å². The van der Waals surface area contributed by atoms with E-state index in [4.69, 9.17) is 0 Å². The second-order valence-corrected chi connectivity index (χ2v) is 5.95. The molecule has 4 rings (SSSR count). The summed E-state index contributed by atoms with van der Waals surface area (Å²) in [6, 6.07) is 12.1. The Bertz CT molecular complexity index is 1230. The molecule has 2 heterocycles. The number of carbonyl (C=O) groups is 1. The lowest BCUT2D eigenvalue weighted by Gasteiger charge is -2.09. The Morgan fingerprint density at radius 3 is 2.52 bits per heavy atom. The SMILES string of the molecule is O=C(Nc1cccc2cccnc12)c1ccnc(Nc2ccc(F)c(F)c2F)n1. The van der Waals surface area contributed by atoms with Crippen LogP contribution >= 0.6 is 0 Å². The van der Waals surface area contributed by atoms with Crippen LogP contribution in [0.15, 0.2) is 60.9 Å². The van der Waals surface area contributed by atoms with E-state index in [1.54, 1.807) is 24.4 Å². The smallest absolute Gasteiger partial charge is 0.274 e. The molecule has 0 fully saturated rings. The number of hydrogen-bond acceptors (Lipinski definition) is 5. The number of carbonyl (C=O) groups excluding carboxylic acids is 1. The van der Waals surface area contributed by atoms with Crippen molar-refractivity contribution < 1.29 is 18.0 Å². The Morgan fingerprint density at radius 1 is 0.828 bits per heavy atom. The first kappa shape index (κ1) is 18.4. The van der Waals surface area contributed by atoms with Gasteiger partial charge in [-0.2, -0.15) is 0 Å². The van der Waals surface area contributed by atoms with Gasteiger partial charge in [0.2, 0.25) is 5.95 Å². The summed E-state index contributed by atoms with van der Waals surface area (Å²) in [5.41, 5.74) is 0.727. The van der Waals surface area contributed by atoms with Crippen molar-refractivity contribution in [2.75, 3.05) is 10.6 Å². The Balaban J connectivity index is 1.58. The maximum absolute atomic E-state index is 13.8. The highest BCUT2D eigenvalue weighted by Gasteiger charge is 2.16. The van der Waals surface area contributed by atoms with Gasteiger partial charge in [0.05, 0.1) is 16.9 Å². The van der Waals surface area contributed by atoms with Crippen molar-refractivity contribution in [1.29, 1.82) is 0 Å². The Hall–Kier alpha value is -4.01. The fourth-order valence-corrected chi connectivity index (χ4v) is 2.68. The van der Waals surface area contributed by atoms with E-state index < -0.39 is 23.4 Å². The highest BCUT2D eigenvalue weighted by molar-refractivity contribution is 6.07. The van der Waals surface area contributed by atoms with Gasteiger partial charge in [-0.25, -0.2) is 23.1 Å². The first-order valence-electron chi connectivity index (χ1n) is 8.41. The zero-order valence-electron chi connectivity index (χ0n) is 14.7. The fraction of sp³-hybridized carbons (Fsp3) is 0. The third-order valence-electron chi connectivity index (χ3n) is 4.05. The monoisotopic (exact) mass is 395 g/mol. The number of aromatic nitrogens is 3. The Kier molecular flexibility index (Phi) is 4.78. The van der Waals surface area contributed by atoms with Gasteiger partial charge in [-0.3, -0.25) is 9.78 Å². The van der Waals surface area contributed by atoms with Crippen LogP contribution in [0.3, 0.4) is 0 Å². The lowest BCUT2D eigenvalue weighted by Crippen LogP contribution is -2.15. The van der Waals surface area contributed by atoms with Crippen molar-refractivity contribution in [2.45, 2.75) is 0 Å². The van der Waals surface area contributed by atoms with E-state index >= 15 is 0 Å². The average Bonchev–Trinajstić information content (AvgIpc) is 2.75. The van der Waals surface area contributed by atoms with E-state index in [0.717, 1.165) is 17.5 Å². The lowest BCUT2D eigenvalue weighted by atomic mass is 10.2. The second-order valence-electron chi connectivity index (χ2n) is 5.95. The third kappa shape index (κ3) is 3.70. The van der Waals surface area contributed by atoms with Gasteiger partial charge in [-0.15, -0.1) is 0 Å². The summed E-state index contributed by atoms with van der Waals surface area (Å²) < 4.78 is 40.2. The maximum atomic E-state index is 13.8. The molecule has 0 bridgehead atoms. The van der Waals surface area contributed by atoms with Gasteiger partial charge in [-0.05, 0) is 30.3 Å². The molecule has 4 aromatic rings. The molecule has 1 amide bonds. The van der Waals surface area contributed by atoms with Crippen LogP contribution in [0.25, 0.3) is 10.9 Å². The van der Waals surface area contributed by atoms with Gasteiger partial charge >= 0.3 is 0 Å². The molecule has 29 heavy (non-hydrogen) atoms. The number of fused-ring (bicyclic) bond motifs is 1. The molecule has 0 atom stereocenters. The van der Waals surface area contributed by atoms with Gasteiger partial charge in [0.25, 0.3) is 5.91 Å². The van der Waals surface area contributed by atoms with Crippen LogP contribution in [-0.4, -0.2) is 20.9 Å². The predicted octanol–water partition coefficient (Wildman–Crippen LogP) is 4.44. The first-order valence-corrected chi connectivity index (χ1v) is 8.41. The largest absolute Gasteiger partial charge is 0.322 e. The van der Waals surface area contributed by atoms with Crippen LogP contribution < -0.4 is 10.6 Å². The van der Waals surface area contributed by atoms with E-state index in [2.05, 4.69) is 25.6 Å². The van der Waals surface area contributed by atoms with Crippen LogP contribution in [0.2, 0.25) is 0 Å². The summed E-state index contributed by atoms with van der Waals surface area (Å²) in [4.78, 5) is 24.7. The Labute approximate surface area is 162 Å². The van der Waals surface area contributed by atoms with Crippen LogP contribution in [0, 0.1) is 17.5 Å². The number of nitrogens with one attached hydrogen (secondary N) is 2. The normalized spacial score (nSPS) is 10.7. The maximum Gasteiger partial charge on any atom is 0.274 e. The number of nitrogens with zero attached hydrogens (tertiary/aromatic N) is 3. The molecular formula is C20H12F3N5O. The van der Waals surface area contributed by atoms with Crippen LogP contribution in [0.4, 0.5) is 30.5 Å². The van der Waals surface area contributed by atoms with Crippen molar-refractivity contribution in [1.82, 2.24) is 15.0 Å². The molecule has 0 aliphatic rings. The summed E-state index contributed by atoms with van der Waals surface area (Å²) in [5, 5.41) is 6.00. The van der Waals surface area contributed by atoms with E-state index in [0.29, 0.717) is 11.2 Å². The standard InChI is InChI=1S/C20H12F3N5O/c21-12-6-7-13(17(23)16(12)22)27-20-25-10-8-15(28-20)19(29)26-14-5-1-3-11-4-2-9-24-18(11)14/h1-10H,(H,26,29)(H,25,27,28). The third-order valence-corrected chi connectivity index (χ3v) is 4.05. The fourth-order valence-electron chi connectivity index (χ4n) is 2.68. The molecule has 9 heteroatoms. The molecule has 0 saturated heterocycles. The van der Waals surface area contributed by atoms with Crippen molar-refractivity contribution in [3.05, 3.63) is 84.1 Å². The van der Waals surface area contributed by atoms with Crippen molar-refractivity contribution in [2.24, 2.45) is 0 Å². The summed E-state index contributed by atoms with van der Waals surface area (Å²) in [7, 11) is 0. The highest BCUT2D eigenvalue weighted by Crippen LogP contribution is 2.23. The summed E-state index contributed by atoms with van der Waals surface area (Å²) in [6.07, 6.45) is 2.89. The summed E-state index contributed by atoms with van der Waals surface area (Å²) >= 11 is 0. The van der Waals surface area contributed by atoms with Crippen LogP contribution in [0.5, 0.6) is 0 Å². The van der Waals surface area contributed by atoms with E-state index in [-0.39, 0.29) is 17.3 Å². The predicted molar refractivity (Wildman–Crippen MR) is 101 cm³/mol. The van der Waals surface area contributed by atoms with Gasteiger partial charge in [0.15, 0.2) is 17.5 Å². The number of amides is 1. The number of hydrogen-bond donors (Lipinski definition) is 2. The summed E-state index contributed by atoms with van der Waals surface area (Å²) in [6.45, 7) is 0. The first-order chi connectivity index (χ1) is 14.0. The number of pyridine rings is 1. The van der Waals surface area contributed by atoms with Gasteiger partial charge < -0.3 is 10.6 Å². The Morgan fingerprint density at radius 2 is 1.66 bits per heavy atom. The van der Waals surface area contributed by atoms with Gasteiger partial charge in [-0.1, -0.05) is 18.2 Å². The molecule has 0 spiro atoms. The minimum Gasteiger partial charge on any atom is -0.322 e. The topological polar surface area (TPSA) is 79.8 Å². The highest BCUT2D eigenvalue weighted by atomic mass is 19.2. The zero-order valence-corrected chi connectivity index (χ0v) is 14.7. The molecule has 6 nitrogen and oxygen atoms in total. The molecule has 2 aromatic heterocycles. The molecule has 0 aliphatic carbocycles. The molecule has 144 valence electrons. The minimum atomic E-state index is -1.62. The van der Waals surface area contributed by atoms with Crippen molar-refractivity contribution in [3.63, 3.8) is 0 Å².